The van der Waals surface area contributed by atoms with Gasteiger partial charge in [0.1, 0.15) is 5.69 Å². The maximum atomic E-state index is 11.3. The molecule has 6 heteroatoms. The van der Waals surface area contributed by atoms with Crippen molar-refractivity contribution in [2.45, 2.75) is 0 Å². The van der Waals surface area contributed by atoms with Crippen molar-refractivity contribution in [2.24, 2.45) is 0 Å². The van der Waals surface area contributed by atoms with Gasteiger partial charge in [0, 0.05) is 13.1 Å². The van der Waals surface area contributed by atoms with Gasteiger partial charge in [0.2, 0.25) is 0 Å². The van der Waals surface area contributed by atoms with E-state index in [4.69, 9.17) is 0 Å². The van der Waals surface area contributed by atoms with Crippen molar-refractivity contribution in [1.29, 1.82) is 0 Å². The second-order valence-electron chi connectivity index (χ2n) is 2.43. The highest BCUT2D eigenvalue weighted by atomic mass is 127. The predicted octanol–water partition coefficient (Wildman–Crippen LogP) is 0.212. The van der Waals surface area contributed by atoms with Crippen molar-refractivity contribution in [2.75, 3.05) is 23.7 Å². The van der Waals surface area contributed by atoms with Crippen molar-refractivity contribution in [3.8, 4) is 0 Å². The summed E-state index contributed by atoms with van der Waals surface area (Å²) >= 11 is 1.98. The van der Waals surface area contributed by atoms with Crippen LogP contribution in [0.15, 0.2) is 4.79 Å². The van der Waals surface area contributed by atoms with Crippen LogP contribution in [-0.2, 0) is 0 Å². The van der Waals surface area contributed by atoms with Crippen LogP contribution in [0.25, 0.3) is 0 Å². The first-order valence-corrected chi connectivity index (χ1v) is 4.63. The van der Waals surface area contributed by atoms with Gasteiger partial charge in [-0.05, 0) is 22.6 Å². The van der Waals surface area contributed by atoms with Crippen LogP contribution >= 0.6 is 22.6 Å². The molecular weight excluding hydrogens is 271 g/mol. The molecule has 0 radical (unpaired) electrons. The second-order valence-corrected chi connectivity index (χ2v) is 3.46. The van der Waals surface area contributed by atoms with Gasteiger partial charge in [0.25, 0.3) is 5.56 Å². The average Bonchev–Trinajstić information content (AvgIpc) is 2.04. The Morgan fingerprint density at radius 1 is 1.33 bits per heavy atom. The number of aromatic nitrogens is 2. The second kappa shape index (κ2) is 2.92. The number of hydrogen-bond donors (Lipinski definition) is 3. The Hall–Kier alpha value is -0.790. The van der Waals surface area contributed by atoms with Gasteiger partial charge >= 0.3 is 0 Å². The fourth-order valence-electron chi connectivity index (χ4n) is 1.11. The molecule has 0 fully saturated rings. The molecule has 1 aliphatic heterocycles. The topological polar surface area (TPSA) is 69.8 Å². The normalized spacial score (nSPS) is 14.4. The summed E-state index contributed by atoms with van der Waals surface area (Å²) in [5.74, 6) is 0.648. The summed E-state index contributed by atoms with van der Waals surface area (Å²) < 4.78 is 0.604. The molecule has 0 aromatic carbocycles. The van der Waals surface area contributed by atoms with E-state index in [1.54, 1.807) is 0 Å². The number of halogens is 1. The van der Waals surface area contributed by atoms with Crippen LogP contribution in [0.5, 0.6) is 0 Å². The van der Waals surface area contributed by atoms with E-state index in [2.05, 4.69) is 20.6 Å². The summed E-state index contributed by atoms with van der Waals surface area (Å²) in [7, 11) is 0. The van der Waals surface area contributed by atoms with E-state index in [1.807, 2.05) is 22.6 Å². The quantitative estimate of drug-likeness (QED) is 0.469. The molecule has 0 bridgehead atoms. The maximum absolute atomic E-state index is 11.3. The van der Waals surface area contributed by atoms with E-state index in [1.165, 1.54) is 0 Å². The van der Waals surface area contributed by atoms with Crippen molar-refractivity contribution >= 4 is 34.1 Å². The van der Waals surface area contributed by atoms with Crippen LogP contribution in [-0.4, -0.2) is 23.1 Å². The lowest BCUT2D eigenvalue weighted by molar-refractivity contribution is 0.966. The summed E-state index contributed by atoms with van der Waals surface area (Å²) in [6.45, 7) is 1.57. The molecule has 1 aromatic rings. The van der Waals surface area contributed by atoms with Gasteiger partial charge in [-0.25, -0.2) is 4.98 Å². The van der Waals surface area contributed by atoms with Crippen LogP contribution < -0.4 is 16.2 Å². The molecule has 0 saturated heterocycles. The predicted molar refractivity (Wildman–Crippen MR) is 54.6 cm³/mol. The van der Waals surface area contributed by atoms with Gasteiger partial charge in [0.05, 0.1) is 0 Å². The molecule has 5 nitrogen and oxygen atoms in total. The Balaban J connectivity index is 2.60. The number of anilines is 2. The Kier molecular flexibility index (Phi) is 1.91. The van der Waals surface area contributed by atoms with Crippen LogP contribution in [0.4, 0.5) is 11.5 Å². The third-order valence-electron chi connectivity index (χ3n) is 1.61. The van der Waals surface area contributed by atoms with Gasteiger partial charge in [-0.2, -0.15) is 0 Å². The number of nitrogens with zero attached hydrogens (tertiary/aromatic N) is 1. The van der Waals surface area contributed by atoms with E-state index in [0.717, 1.165) is 13.1 Å². The number of rotatable bonds is 0. The summed E-state index contributed by atoms with van der Waals surface area (Å²) in [6, 6.07) is 0. The van der Waals surface area contributed by atoms with Crippen molar-refractivity contribution in [3.05, 3.63) is 14.2 Å². The minimum Gasteiger partial charge on any atom is -0.376 e. The lowest BCUT2D eigenvalue weighted by Crippen LogP contribution is -2.28. The molecule has 0 unspecified atom stereocenters. The fraction of sp³-hybridized carbons (Fsp3) is 0.333. The summed E-state index contributed by atoms with van der Waals surface area (Å²) in [5.41, 5.74) is 0.429. The molecule has 0 atom stereocenters. The molecule has 2 rings (SSSR count). The zero-order chi connectivity index (χ0) is 8.55. The molecule has 1 aromatic heterocycles. The standard InChI is InChI=1S/C6H7IN4O/c7-6-10-4-3(5(12)11-6)8-1-2-9-4/h8H,1-2H2,(H2,9,10,11,12). The Morgan fingerprint density at radius 2 is 2.08 bits per heavy atom. The van der Waals surface area contributed by atoms with E-state index < -0.39 is 0 Å². The number of aromatic amines is 1. The Bertz CT molecular complexity index is 361. The highest BCUT2D eigenvalue weighted by molar-refractivity contribution is 14.1. The molecule has 2 heterocycles. The third kappa shape index (κ3) is 1.26. The summed E-state index contributed by atoms with van der Waals surface area (Å²) in [6.07, 6.45) is 0. The van der Waals surface area contributed by atoms with Crippen molar-refractivity contribution in [3.63, 3.8) is 0 Å². The molecule has 3 N–H and O–H groups in total. The highest BCUT2D eigenvalue weighted by Gasteiger charge is 2.12. The van der Waals surface area contributed by atoms with Gasteiger partial charge in [-0.15, -0.1) is 0 Å². The van der Waals surface area contributed by atoms with Gasteiger partial charge in [0.15, 0.2) is 9.65 Å². The van der Waals surface area contributed by atoms with E-state index >= 15 is 0 Å². The van der Waals surface area contributed by atoms with E-state index in [9.17, 15) is 4.79 Å². The fourth-order valence-corrected chi connectivity index (χ4v) is 1.59. The Labute approximate surface area is 82.1 Å². The van der Waals surface area contributed by atoms with E-state index in [-0.39, 0.29) is 5.56 Å². The first kappa shape index (κ1) is 7.84. The van der Waals surface area contributed by atoms with Crippen LogP contribution in [0, 0.1) is 3.83 Å². The van der Waals surface area contributed by atoms with Gasteiger partial charge < -0.3 is 10.6 Å². The molecule has 64 valence electrons. The maximum Gasteiger partial charge on any atom is 0.277 e. The summed E-state index contributed by atoms with van der Waals surface area (Å²) in [4.78, 5) is 18.0. The molecule has 12 heavy (non-hydrogen) atoms. The molecule has 0 spiro atoms. The molecule has 0 saturated carbocycles. The zero-order valence-electron chi connectivity index (χ0n) is 6.15. The minimum absolute atomic E-state index is 0.114. The molecule has 0 amide bonds. The number of fused-ring (bicyclic) bond motifs is 1. The first-order chi connectivity index (χ1) is 5.77. The average molecular weight is 278 g/mol. The number of nitrogens with one attached hydrogen (secondary N) is 3. The monoisotopic (exact) mass is 278 g/mol. The third-order valence-corrected chi connectivity index (χ3v) is 2.12. The van der Waals surface area contributed by atoms with E-state index in [0.29, 0.717) is 15.3 Å². The van der Waals surface area contributed by atoms with Gasteiger partial charge in [-0.1, -0.05) is 0 Å². The molecule has 1 aliphatic rings. The van der Waals surface area contributed by atoms with Crippen LogP contribution in [0.1, 0.15) is 0 Å². The smallest absolute Gasteiger partial charge is 0.277 e. The van der Waals surface area contributed by atoms with Crippen molar-refractivity contribution in [1.82, 2.24) is 9.97 Å². The van der Waals surface area contributed by atoms with Crippen molar-refractivity contribution < 1.29 is 0 Å². The Morgan fingerprint density at radius 3 is 2.92 bits per heavy atom. The zero-order valence-corrected chi connectivity index (χ0v) is 8.31. The van der Waals surface area contributed by atoms with Crippen LogP contribution in [0.2, 0.25) is 0 Å². The van der Waals surface area contributed by atoms with Gasteiger partial charge in [-0.3, -0.25) is 9.78 Å². The lowest BCUT2D eigenvalue weighted by Gasteiger charge is -2.17. The SMILES string of the molecule is O=c1[nH]c(I)nc2c1NCCN2. The molecule has 0 aliphatic carbocycles. The highest BCUT2D eigenvalue weighted by Crippen LogP contribution is 2.16. The molecular formula is C6H7IN4O. The number of hydrogen-bond acceptors (Lipinski definition) is 4. The lowest BCUT2D eigenvalue weighted by atomic mass is 10.4. The minimum atomic E-state index is -0.114. The first-order valence-electron chi connectivity index (χ1n) is 3.55. The van der Waals surface area contributed by atoms with Crippen LogP contribution in [0.3, 0.4) is 0 Å². The summed E-state index contributed by atoms with van der Waals surface area (Å²) in [5, 5.41) is 6.03. The number of H-pyrrole nitrogens is 1. The largest absolute Gasteiger partial charge is 0.376 e.